The Morgan fingerprint density at radius 3 is 2.64 bits per heavy atom. The van der Waals surface area contributed by atoms with Gasteiger partial charge in [-0.2, -0.15) is 5.10 Å². The molecule has 3 fully saturated rings. The standard InChI is InChI=1S/C23H29BrN6O3/c1-13-16-8-15(23(16,2)3)9-17(13)28-22(33)29-18-11-27-30(21(32)20(18)24)12-19(31)26-10-14-4-6-25-7-5-14/h4-7,11,13,15-17H,8-10,12H2,1-3H3,(H,26,31)(H2,28,29,33)/t13-,15+,16-,17-/m1/s1. The van der Waals surface area contributed by atoms with E-state index in [1.165, 1.54) is 12.6 Å². The topological polar surface area (TPSA) is 118 Å². The van der Waals surface area contributed by atoms with Crippen LogP contribution in [0.25, 0.3) is 0 Å². The van der Waals surface area contributed by atoms with E-state index in [-0.39, 0.29) is 34.7 Å². The second-order valence-corrected chi connectivity index (χ2v) is 10.4. The molecule has 3 saturated carbocycles. The van der Waals surface area contributed by atoms with Crippen molar-refractivity contribution in [2.24, 2.45) is 23.2 Å². The van der Waals surface area contributed by atoms with Gasteiger partial charge in [0.1, 0.15) is 11.0 Å². The van der Waals surface area contributed by atoms with Gasteiger partial charge in [0.05, 0.1) is 11.9 Å². The normalized spacial score (nSPS) is 25.0. The van der Waals surface area contributed by atoms with Gasteiger partial charge in [-0.3, -0.25) is 14.6 Å². The number of nitrogens with one attached hydrogen (secondary N) is 3. The van der Waals surface area contributed by atoms with Crippen LogP contribution in [0.3, 0.4) is 0 Å². The summed E-state index contributed by atoms with van der Waals surface area (Å²) in [5, 5.41) is 12.6. The number of nitrogens with zero attached hydrogens (tertiary/aromatic N) is 3. The molecule has 0 aromatic carbocycles. The molecule has 0 spiro atoms. The van der Waals surface area contributed by atoms with Crippen molar-refractivity contribution >= 4 is 33.6 Å². The zero-order valence-electron chi connectivity index (χ0n) is 19.0. The molecule has 0 aliphatic heterocycles. The SMILES string of the molecule is C[C@@H]1[C@H]2C[C@@H](C[C@H]1NC(=O)Nc1cnn(CC(=O)NCc3ccncc3)c(=O)c1Br)C2(C)C. The number of fused-ring (bicyclic) bond motifs is 2. The molecule has 2 bridgehead atoms. The summed E-state index contributed by atoms with van der Waals surface area (Å²) >= 11 is 3.24. The molecular weight excluding hydrogens is 488 g/mol. The van der Waals surface area contributed by atoms with Crippen LogP contribution in [0.4, 0.5) is 10.5 Å². The van der Waals surface area contributed by atoms with Gasteiger partial charge in [-0.1, -0.05) is 20.8 Å². The van der Waals surface area contributed by atoms with Gasteiger partial charge in [0.2, 0.25) is 5.91 Å². The minimum absolute atomic E-state index is 0.109. The number of urea groups is 1. The predicted octanol–water partition coefficient (Wildman–Crippen LogP) is 2.91. The summed E-state index contributed by atoms with van der Waals surface area (Å²) in [6, 6.07) is 3.34. The second kappa shape index (κ2) is 9.24. The van der Waals surface area contributed by atoms with E-state index in [9.17, 15) is 14.4 Å². The number of amides is 3. The Morgan fingerprint density at radius 1 is 1.24 bits per heavy atom. The van der Waals surface area contributed by atoms with Crippen LogP contribution in [0.2, 0.25) is 0 Å². The second-order valence-electron chi connectivity index (χ2n) is 9.63. The van der Waals surface area contributed by atoms with Crippen molar-refractivity contribution in [3.8, 4) is 0 Å². The van der Waals surface area contributed by atoms with Gasteiger partial charge < -0.3 is 16.0 Å². The summed E-state index contributed by atoms with van der Waals surface area (Å²) in [4.78, 5) is 41.4. The first-order valence-electron chi connectivity index (χ1n) is 11.2. The molecule has 3 aliphatic rings. The van der Waals surface area contributed by atoms with Gasteiger partial charge in [-0.25, -0.2) is 9.48 Å². The number of anilines is 1. The fourth-order valence-electron chi connectivity index (χ4n) is 5.23. The van der Waals surface area contributed by atoms with Crippen molar-refractivity contribution in [3.05, 3.63) is 51.1 Å². The third-order valence-electron chi connectivity index (χ3n) is 7.44. The molecule has 0 unspecified atom stereocenters. The highest BCUT2D eigenvalue weighted by Crippen LogP contribution is 2.61. The number of rotatable bonds is 6. The smallest absolute Gasteiger partial charge is 0.319 e. The predicted molar refractivity (Wildman–Crippen MR) is 127 cm³/mol. The van der Waals surface area contributed by atoms with Gasteiger partial charge in [-0.05, 0) is 69.6 Å². The molecule has 0 radical (unpaired) electrons. The summed E-state index contributed by atoms with van der Waals surface area (Å²) in [7, 11) is 0. The van der Waals surface area contributed by atoms with Crippen LogP contribution in [0.5, 0.6) is 0 Å². The van der Waals surface area contributed by atoms with E-state index in [4.69, 9.17) is 0 Å². The minimum Gasteiger partial charge on any atom is -0.350 e. The third kappa shape index (κ3) is 4.80. The summed E-state index contributed by atoms with van der Waals surface area (Å²) in [5.74, 6) is 1.30. The number of aromatic nitrogens is 3. The number of hydrogen-bond acceptors (Lipinski definition) is 5. The quantitative estimate of drug-likeness (QED) is 0.545. The lowest BCUT2D eigenvalue weighted by Gasteiger charge is -2.62. The lowest BCUT2D eigenvalue weighted by Crippen LogP contribution is -2.61. The van der Waals surface area contributed by atoms with Gasteiger partial charge in [0.25, 0.3) is 5.56 Å². The Balaban J connectivity index is 1.33. The van der Waals surface area contributed by atoms with Crippen LogP contribution in [0.1, 0.15) is 39.2 Å². The van der Waals surface area contributed by atoms with E-state index in [2.05, 4.69) is 62.7 Å². The van der Waals surface area contributed by atoms with Crippen LogP contribution in [0.15, 0.2) is 40.0 Å². The number of pyridine rings is 1. The van der Waals surface area contributed by atoms with Crippen molar-refractivity contribution < 1.29 is 9.59 Å². The fraction of sp³-hybridized carbons (Fsp3) is 0.522. The fourth-order valence-corrected chi connectivity index (χ4v) is 5.63. The summed E-state index contributed by atoms with van der Waals surface area (Å²) in [5.41, 5.74) is 1.01. The molecular formula is C23H29BrN6O3. The first kappa shape index (κ1) is 23.4. The minimum atomic E-state index is -0.499. The van der Waals surface area contributed by atoms with Gasteiger partial charge in [0.15, 0.2) is 0 Å². The van der Waals surface area contributed by atoms with E-state index in [0.717, 1.165) is 16.7 Å². The Hall–Kier alpha value is -2.75. The average molecular weight is 517 g/mol. The molecule has 3 amide bonds. The van der Waals surface area contributed by atoms with Crippen LogP contribution in [-0.4, -0.2) is 32.7 Å². The van der Waals surface area contributed by atoms with E-state index < -0.39 is 5.56 Å². The molecule has 2 aromatic heterocycles. The largest absolute Gasteiger partial charge is 0.350 e. The molecule has 10 heteroatoms. The zero-order chi connectivity index (χ0) is 23.8. The Labute approximate surface area is 200 Å². The highest BCUT2D eigenvalue weighted by atomic mass is 79.9. The van der Waals surface area contributed by atoms with Crippen LogP contribution in [-0.2, 0) is 17.9 Å². The highest BCUT2D eigenvalue weighted by molar-refractivity contribution is 9.10. The molecule has 2 aromatic rings. The highest BCUT2D eigenvalue weighted by Gasteiger charge is 2.56. The number of halogens is 1. The maximum absolute atomic E-state index is 12.6. The monoisotopic (exact) mass is 516 g/mol. The molecule has 3 N–H and O–H groups in total. The summed E-state index contributed by atoms with van der Waals surface area (Å²) in [6.45, 7) is 6.93. The molecule has 9 nitrogen and oxygen atoms in total. The van der Waals surface area contributed by atoms with Gasteiger partial charge in [-0.15, -0.1) is 0 Å². The molecule has 176 valence electrons. The summed E-state index contributed by atoms with van der Waals surface area (Å²) < 4.78 is 1.20. The first-order chi connectivity index (χ1) is 15.7. The Kier molecular flexibility index (Phi) is 6.56. The van der Waals surface area contributed by atoms with Gasteiger partial charge >= 0.3 is 6.03 Å². The zero-order valence-corrected chi connectivity index (χ0v) is 20.6. The van der Waals surface area contributed by atoms with Crippen molar-refractivity contribution in [2.45, 2.75) is 52.7 Å². The molecule has 0 saturated heterocycles. The van der Waals surface area contributed by atoms with E-state index in [1.54, 1.807) is 24.5 Å². The third-order valence-corrected chi connectivity index (χ3v) is 8.20. The van der Waals surface area contributed by atoms with Crippen molar-refractivity contribution in [2.75, 3.05) is 5.32 Å². The van der Waals surface area contributed by atoms with Crippen LogP contribution in [0, 0.1) is 23.2 Å². The first-order valence-corrected chi connectivity index (χ1v) is 11.9. The molecule has 4 atom stereocenters. The van der Waals surface area contributed by atoms with Crippen molar-refractivity contribution in [3.63, 3.8) is 0 Å². The summed E-state index contributed by atoms with van der Waals surface area (Å²) in [6.07, 6.45) is 6.85. The average Bonchev–Trinajstić information content (AvgIpc) is 2.79. The molecule has 5 rings (SSSR count). The lowest BCUT2D eigenvalue weighted by molar-refractivity contribution is -0.122. The Morgan fingerprint density at radius 2 is 1.97 bits per heavy atom. The number of hydrogen-bond donors (Lipinski definition) is 3. The van der Waals surface area contributed by atoms with E-state index in [0.29, 0.717) is 29.7 Å². The molecule has 3 aliphatic carbocycles. The van der Waals surface area contributed by atoms with Crippen molar-refractivity contribution in [1.82, 2.24) is 25.4 Å². The maximum Gasteiger partial charge on any atom is 0.319 e. The van der Waals surface area contributed by atoms with Crippen molar-refractivity contribution in [1.29, 1.82) is 0 Å². The van der Waals surface area contributed by atoms with E-state index in [1.807, 2.05) is 0 Å². The van der Waals surface area contributed by atoms with Gasteiger partial charge in [0, 0.05) is 25.0 Å². The lowest BCUT2D eigenvalue weighted by atomic mass is 9.45. The van der Waals surface area contributed by atoms with Crippen LogP contribution >= 0.6 is 15.9 Å². The molecule has 33 heavy (non-hydrogen) atoms. The molecule has 2 heterocycles. The maximum atomic E-state index is 12.6. The van der Waals surface area contributed by atoms with Crippen LogP contribution < -0.4 is 21.5 Å². The Bertz CT molecular complexity index is 1100. The number of carbonyl (C=O) groups is 2. The number of carbonyl (C=O) groups excluding carboxylic acids is 2. The van der Waals surface area contributed by atoms with E-state index >= 15 is 0 Å².